The van der Waals surface area contributed by atoms with Gasteiger partial charge in [-0.15, -0.1) is 0 Å². The minimum atomic E-state index is -3.66. The molecule has 0 unspecified atom stereocenters. The third kappa shape index (κ3) is 2.99. The summed E-state index contributed by atoms with van der Waals surface area (Å²) >= 11 is 0. The van der Waals surface area contributed by atoms with Gasteiger partial charge in [0.05, 0.1) is 11.4 Å². The van der Waals surface area contributed by atoms with Gasteiger partial charge in [0.15, 0.2) is 5.82 Å². The molecule has 0 atom stereocenters. The normalized spacial score (nSPS) is 17.3. The van der Waals surface area contributed by atoms with Gasteiger partial charge < -0.3 is 9.26 Å². The Balaban J connectivity index is 1.48. The lowest BCUT2D eigenvalue weighted by Crippen LogP contribution is -2.28. The quantitative estimate of drug-likeness (QED) is 0.896. The number of rotatable bonds is 5. The molecule has 4 rings (SSSR count). The predicted molar refractivity (Wildman–Crippen MR) is 81.9 cm³/mol. The number of ether oxygens (including phenoxy) is 1. The minimum absolute atomic E-state index is 0.00244. The lowest BCUT2D eigenvalue weighted by atomic mass is 10.1. The molecule has 1 N–H and O–H groups in total. The van der Waals surface area contributed by atoms with Crippen molar-refractivity contribution in [3.8, 4) is 5.75 Å². The van der Waals surface area contributed by atoms with Crippen LogP contribution in [0.25, 0.3) is 6.08 Å². The van der Waals surface area contributed by atoms with E-state index in [9.17, 15) is 8.42 Å². The first-order chi connectivity index (χ1) is 11.1. The number of aromatic nitrogens is 2. The summed E-state index contributed by atoms with van der Waals surface area (Å²) in [6.45, 7) is 0.00343. The Hall–Kier alpha value is -2.19. The molecule has 0 spiro atoms. The SMILES string of the molecule is O=S(=O)(NCc1noc(C2CC2)n1)C1=Cc2ccccc2OC1. The molecule has 1 saturated carbocycles. The van der Waals surface area contributed by atoms with Crippen molar-refractivity contribution in [1.29, 1.82) is 0 Å². The van der Waals surface area contributed by atoms with Gasteiger partial charge in [0.1, 0.15) is 12.4 Å². The molecule has 1 aromatic carbocycles. The molecule has 0 radical (unpaired) electrons. The fraction of sp³-hybridized carbons (Fsp3) is 0.333. The van der Waals surface area contributed by atoms with Crippen molar-refractivity contribution in [2.75, 3.05) is 6.61 Å². The van der Waals surface area contributed by atoms with Gasteiger partial charge in [-0.05, 0) is 25.0 Å². The molecule has 8 heteroatoms. The van der Waals surface area contributed by atoms with Crippen LogP contribution in [0.2, 0.25) is 0 Å². The van der Waals surface area contributed by atoms with Gasteiger partial charge in [0.25, 0.3) is 0 Å². The number of sulfonamides is 1. The van der Waals surface area contributed by atoms with E-state index in [1.807, 2.05) is 18.2 Å². The molecule has 2 aliphatic rings. The highest BCUT2D eigenvalue weighted by molar-refractivity contribution is 7.93. The lowest BCUT2D eigenvalue weighted by molar-refractivity contribution is 0.353. The van der Waals surface area contributed by atoms with E-state index in [1.165, 1.54) is 0 Å². The Morgan fingerprint density at radius 3 is 2.91 bits per heavy atom. The Morgan fingerprint density at radius 2 is 2.09 bits per heavy atom. The average molecular weight is 333 g/mol. The summed E-state index contributed by atoms with van der Waals surface area (Å²) in [5.74, 6) is 1.96. The van der Waals surface area contributed by atoms with Crippen molar-refractivity contribution in [1.82, 2.24) is 14.9 Å². The van der Waals surface area contributed by atoms with E-state index in [2.05, 4.69) is 14.9 Å². The monoisotopic (exact) mass is 333 g/mol. The van der Waals surface area contributed by atoms with E-state index in [4.69, 9.17) is 9.26 Å². The maximum atomic E-state index is 12.4. The van der Waals surface area contributed by atoms with Gasteiger partial charge in [-0.1, -0.05) is 23.4 Å². The second-order valence-electron chi connectivity index (χ2n) is 5.58. The second kappa shape index (κ2) is 5.47. The lowest BCUT2D eigenvalue weighted by Gasteiger charge is -2.17. The smallest absolute Gasteiger partial charge is 0.240 e. The number of nitrogens with one attached hydrogen (secondary N) is 1. The van der Waals surface area contributed by atoms with Crippen molar-refractivity contribution in [3.05, 3.63) is 46.4 Å². The van der Waals surface area contributed by atoms with Crippen molar-refractivity contribution in [2.24, 2.45) is 0 Å². The molecule has 23 heavy (non-hydrogen) atoms. The Morgan fingerprint density at radius 1 is 1.26 bits per heavy atom. The highest BCUT2D eigenvalue weighted by atomic mass is 32.2. The van der Waals surface area contributed by atoms with E-state index in [0.717, 1.165) is 18.4 Å². The molecule has 1 fully saturated rings. The Bertz CT molecular complexity index is 868. The maximum Gasteiger partial charge on any atom is 0.240 e. The first kappa shape index (κ1) is 14.4. The molecule has 0 bridgehead atoms. The predicted octanol–water partition coefficient (Wildman–Crippen LogP) is 1.80. The minimum Gasteiger partial charge on any atom is -0.487 e. The van der Waals surface area contributed by atoms with Gasteiger partial charge in [-0.25, -0.2) is 13.1 Å². The third-order valence-electron chi connectivity index (χ3n) is 3.78. The molecular weight excluding hydrogens is 318 g/mol. The van der Waals surface area contributed by atoms with Crippen LogP contribution in [0.5, 0.6) is 5.75 Å². The Kier molecular flexibility index (Phi) is 3.42. The zero-order valence-electron chi connectivity index (χ0n) is 12.2. The van der Waals surface area contributed by atoms with Crippen LogP contribution in [0.3, 0.4) is 0 Å². The standard InChI is InChI=1S/C15H15N3O4S/c19-23(20,12-7-11-3-1-2-4-13(11)21-9-12)16-8-14-17-15(22-18-14)10-5-6-10/h1-4,7,10,16H,5-6,8-9H2. The number of nitrogens with zero attached hydrogens (tertiary/aromatic N) is 2. The molecular formula is C15H15N3O4S. The van der Waals surface area contributed by atoms with Gasteiger partial charge in [0, 0.05) is 11.5 Å². The highest BCUT2D eigenvalue weighted by Gasteiger charge is 2.30. The van der Waals surface area contributed by atoms with Gasteiger partial charge in [-0.2, -0.15) is 4.98 Å². The van der Waals surface area contributed by atoms with Crippen molar-refractivity contribution < 1.29 is 17.7 Å². The molecule has 1 aromatic heterocycles. The van der Waals surface area contributed by atoms with E-state index in [1.54, 1.807) is 12.1 Å². The zero-order valence-corrected chi connectivity index (χ0v) is 13.0. The fourth-order valence-electron chi connectivity index (χ4n) is 2.34. The summed E-state index contributed by atoms with van der Waals surface area (Å²) in [6, 6.07) is 7.30. The molecule has 0 amide bonds. The van der Waals surface area contributed by atoms with Crippen LogP contribution >= 0.6 is 0 Å². The summed E-state index contributed by atoms with van der Waals surface area (Å²) in [5.41, 5.74) is 0.745. The summed E-state index contributed by atoms with van der Waals surface area (Å²) in [4.78, 5) is 4.38. The number of benzene rings is 1. The summed E-state index contributed by atoms with van der Waals surface area (Å²) < 4.78 is 37.8. The molecule has 2 heterocycles. The largest absolute Gasteiger partial charge is 0.487 e. The van der Waals surface area contributed by atoms with Crippen molar-refractivity contribution in [3.63, 3.8) is 0 Å². The topological polar surface area (TPSA) is 94.3 Å². The molecule has 0 saturated heterocycles. The van der Waals surface area contributed by atoms with Crippen LogP contribution in [-0.2, 0) is 16.6 Å². The van der Waals surface area contributed by atoms with E-state index in [0.29, 0.717) is 23.4 Å². The fourth-order valence-corrected chi connectivity index (χ4v) is 3.34. The van der Waals surface area contributed by atoms with E-state index in [-0.39, 0.29) is 18.1 Å². The van der Waals surface area contributed by atoms with Crippen LogP contribution in [0.1, 0.15) is 36.0 Å². The first-order valence-electron chi connectivity index (χ1n) is 7.36. The van der Waals surface area contributed by atoms with E-state index < -0.39 is 10.0 Å². The highest BCUT2D eigenvalue weighted by Crippen LogP contribution is 2.38. The van der Waals surface area contributed by atoms with Crippen LogP contribution in [0.15, 0.2) is 33.7 Å². The van der Waals surface area contributed by atoms with Crippen LogP contribution in [0.4, 0.5) is 0 Å². The van der Waals surface area contributed by atoms with Gasteiger partial charge >= 0.3 is 0 Å². The molecule has 2 aromatic rings. The first-order valence-corrected chi connectivity index (χ1v) is 8.85. The summed E-state index contributed by atoms with van der Waals surface area (Å²) in [5, 5.41) is 3.80. The number of hydrogen-bond donors (Lipinski definition) is 1. The van der Waals surface area contributed by atoms with E-state index >= 15 is 0 Å². The molecule has 1 aliphatic heterocycles. The van der Waals surface area contributed by atoms with Crippen LogP contribution < -0.4 is 9.46 Å². The maximum absolute atomic E-state index is 12.4. The number of para-hydroxylation sites is 1. The third-order valence-corrected chi connectivity index (χ3v) is 5.23. The van der Waals surface area contributed by atoms with Crippen LogP contribution in [-0.4, -0.2) is 25.2 Å². The second-order valence-corrected chi connectivity index (χ2v) is 7.40. The van der Waals surface area contributed by atoms with Crippen LogP contribution in [0, 0.1) is 0 Å². The zero-order chi connectivity index (χ0) is 15.9. The molecule has 120 valence electrons. The average Bonchev–Trinajstić information content (AvgIpc) is 3.31. The molecule has 7 nitrogen and oxygen atoms in total. The van der Waals surface area contributed by atoms with Crippen molar-refractivity contribution >= 4 is 16.1 Å². The number of fused-ring (bicyclic) bond motifs is 1. The molecule has 1 aliphatic carbocycles. The van der Waals surface area contributed by atoms with Gasteiger partial charge in [-0.3, -0.25) is 0 Å². The summed E-state index contributed by atoms with van der Waals surface area (Å²) in [6.07, 6.45) is 3.72. The number of hydrogen-bond acceptors (Lipinski definition) is 6. The van der Waals surface area contributed by atoms with Crippen molar-refractivity contribution in [2.45, 2.75) is 25.3 Å². The summed E-state index contributed by atoms with van der Waals surface area (Å²) in [7, 11) is -3.66. The Labute approximate surface area is 133 Å². The van der Waals surface area contributed by atoms with Gasteiger partial charge in [0.2, 0.25) is 15.9 Å².